The van der Waals surface area contributed by atoms with E-state index in [1.165, 1.54) is 12.0 Å². The normalized spacial score (nSPS) is 19.1. The van der Waals surface area contributed by atoms with Crippen molar-refractivity contribution in [3.63, 3.8) is 0 Å². The van der Waals surface area contributed by atoms with Crippen molar-refractivity contribution >= 4 is 28.8 Å². The van der Waals surface area contributed by atoms with Crippen LogP contribution in [0.2, 0.25) is 0 Å². The summed E-state index contributed by atoms with van der Waals surface area (Å²) in [5.74, 6) is 0.000350. The second-order valence-corrected chi connectivity index (χ2v) is 8.60. The first kappa shape index (κ1) is 20.9. The van der Waals surface area contributed by atoms with Crippen molar-refractivity contribution in [2.24, 2.45) is 0 Å². The molecule has 4 aromatic rings. The number of methoxy groups -OCH3 is 1. The van der Waals surface area contributed by atoms with Gasteiger partial charge in [-0.25, -0.2) is 4.79 Å². The first-order chi connectivity index (χ1) is 17.0. The number of aromatic nitrogens is 1. The van der Waals surface area contributed by atoms with Crippen molar-refractivity contribution in [1.29, 1.82) is 0 Å². The average Bonchev–Trinajstić information content (AvgIpc) is 3.53. The lowest BCUT2D eigenvalue weighted by atomic mass is 9.95. The van der Waals surface area contributed by atoms with Gasteiger partial charge < -0.3 is 19.4 Å². The molecular weight excluding hydrogens is 448 g/mol. The van der Waals surface area contributed by atoms with E-state index < -0.39 is 17.5 Å². The number of urea groups is 1. The van der Waals surface area contributed by atoms with E-state index in [2.05, 4.69) is 15.6 Å². The quantitative estimate of drug-likeness (QED) is 0.435. The van der Waals surface area contributed by atoms with E-state index >= 15 is 0 Å². The summed E-state index contributed by atoms with van der Waals surface area (Å²) < 4.78 is 11.3. The molecule has 0 unspecified atom stereocenters. The van der Waals surface area contributed by atoms with Gasteiger partial charge in [-0.05, 0) is 47.5 Å². The molecule has 4 heterocycles. The number of pyridine rings is 1. The van der Waals surface area contributed by atoms with Crippen molar-refractivity contribution in [1.82, 2.24) is 20.5 Å². The van der Waals surface area contributed by atoms with E-state index in [-0.39, 0.29) is 18.2 Å². The zero-order chi connectivity index (χ0) is 24.2. The number of imide groups is 1. The van der Waals surface area contributed by atoms with E-state index in [1.54, 1.807) is 30.6 Å². The number of hydrogen-bond donors (Lipinski definition) is 2. The Labute approximate surface area is 199 Å². The molecule has 2 aliphatic rings. The Morgan fingerprint density at radius 3 is 2.71 bits per heavy atom. The number of nitrogens with one attached hydrogen (secondary N) is 2. The number of nitrogens with zero attached hydrogens (tertiary/aromatic N) is 2. The van der Waals surface area contributed by atoms with E-state index in [1.807, 2.05) is 36.4 Å². The fourth-order valence-corrected chi connectivity index (χ4v) is 4.70. The number of amides is 4. The second-order valence-electron chi connectivity index (χ2n) is 8.60. The van der Waals surface area contributed by atoms with Gasteiger partial charge in [0, 0.05) is 35.5 Å². The standard InChI is InChI=1S/C26H20N4O5/c1-34-19-6-4-17-13-30(23(31)20(17)11-19)14-26(24(32)28-25(33)29-26)22-10-18-9-15(5-7-21(18)35-22)16-3-2-8-27-12-16/h2-12H,13-14H2,1H3,(H2,28,29,32,33)/t26-/m0/s1. The maximum absolute atomic E-state index is 13.2. The maximum Gasteiger partial charge on any atom is 0.322 e. The highest BCUT2D eigenvalue weighted by molar-refractivity contribution is 6.08. The summed E-state index contributed by atoms with van der Waals surface area (Å²) in [6.07, 6.45) is 3.47. The largest absolute Gasteiger partial charge is 0.497 e. The molecule has 2 aliphatic heterocycles. The number of fused-ring (bicyclic) bond motifs is 2. The number of ether oxygens (including phenoxy) is 1. The van der Waals surface area contributed by atoms with Gasteiger partial charge in [0.15, 0.2) is 5.54 Å². The molecule has 6 rings (SSSR count). The van der Waals surface area contributed by atoms with Gasteiger partial charge in [0.2, 0.25) is 0 Å². The fourth-order valence-electron chi connectivity index (χ4n) is 4.70. The first-order valence-corrected chi connectivity index (χ1v) is 11.0. The number of carbonyl (C=O) groups is 3. The lowest BCUT2D eigenvalue weighted by Gasteiger charge is -2.29. The van der Waals surface area contributed by atoms with Gasteiger partial charge >= 0.3 is 6.03 Å². The Kier molecular flexibility index (Phi) is 4.60. The molecule has 0 aliphatic carbocycles. The smallest absolute Gasteiger partial charge is 0.322 e. The molecule has 4 amide bonds. The predicted molar refractivity (Wildman–Crippen MR) is 126 cm³/mol. The Bertz CT molecular complexity index is 1510. The molecule has 2 N–H and O–H groups in total. The molecule has 1 fully saturated rings. The molecule has 174 valence electrons. The third kappa shape index (κ3) is 3.31. The molecule has 0 saturated carbocycles. The van der Waals surface area contributed by atoms with Crippen molar-refractivity contribution in [3.8, 4) is 16.9 Å². The van der Waals surface area contributed by atoms with Crippen LogP contribution in [0.5, 0.6) is 5.75 Å². The summed E-state index contributed by atoms with van der Waals surface area (Å²) in [6, 6.07) is 15.8. The molecule has 1 atom stereocenters. The van der Waals surface area contributed by atoms with Gasteiger partial charge in [0.1, 0.15) is 17.1 Å². The topological polar surface area (TPSA) is 114 Å². The lowest BCUT2D eigenvalue weighted by Crippen LogP contribution is -2.52. The van der Waals surface area contributed by atoms with E-state index in [4.69, 9.17) is 9.15 Å². The van der Waals surface area contributed by atoms with Gasteiger partial charge in [-0.1, -0.05) is 18.2 Å². The van der Waals surface area contributed by atoms with Gasteiger partial charge in [-0.3, -0.25) is 19.9 Å². The van der Waals surface area contributed by atoms with Crippen molar-refractivity contribution in [2.75, 3.05) is 13.7 Å². The summed E-state index contributed by atoms with van der Waals surface area (Å²) >= 11 is 0. The maximum atomic E-state index is 13.2. The highest BCUT2D eigenvalue weighted by Crippen LogP contribution is 2.36. The SMILES string of the molecule is COc1ccc2c(c1)C(=O)N(C[C@@]1(c3cc4cc(-c5cccnc5)ccc4o3)NC(=O)NC1=O)C2. The summed E-state index contributed by atoms with van der Waals surface area (Å²) in [4.78, 5) is 44.2. The van der Waals surface area contributed by atoms with Gasteiger partial charge in [-0.2, -0.15) is 0 Å². The third-order valence-corrected chi connectivity index (χ3v) is 6.50. The molecule has 0 spiro atoms. The molecule has 0 radical (unpaired) electrons. The number of furan rings is 1. The summed E-state index contributed by atoms with van der Waals surface area (Å²) in [7, 11) is 1.54. The Hall–Kier alpha value is -4.66. The highest BCUT2D eigenvalue weighted by atomic mass is 16.5. The average molecular weight is 468 g/mol. The van der Waals surface area contributed by atoms with E-state index in [9.17, 15) is 14.4 Å². The molecule has 9 nitrogen and oxygen atoms in total. The summed E-state index contributed by atoms with van der Waals surface area (Å²) in [5, 5.41) is 5.78. The minimum absolute atomic E-state index is 0.0876. The second kappa shape index (κ2) is 7.69. The van der Waals surface area contributed by atoms with Crippen LogP contribution >= 0.6 is 0 Å². The zero-order valence-corrected chi connectivity index (χ0v) is 18.7. The monoisotopic (exact) mass is 468 g/mol. The number of benzene rings is 2. The number of hydrogen-bond acceptors (Lipinski definition) is 6. The van der Waals surface area contributed by atoms with Crippen LogP contribution in [-0.4, -0.2) is 41.4 Å². The first-order valence-electron chi connectivity index (χ1n) is 11.0. The van der Waals surface area contributed by atoms with Crippen molar-refractivity contribution in [3.05, 3.63) is 83.9 Å². The van der Waals surface area contributed by atoms with Crippen LogP contribution in [0.25, 0.3) is 22.1 Å². The molecular formula is C26H20N4O5. The van der Waals surface area contributed by atoms with Gasteiger partial charge in [0.25, 0.3) is 11.8 Å². The molecule has 2 aromatic carbocycles. The summed E-state index contributed by atoms with van der Waals surface area (Å²) in [5.41, 5.74) is 2.20. The Balaban J connectivity index is 1.38. The number of carbonyl (C=O) groups excluding carboxylic acids is 3. The third-order valence-electron chi connectivity index (χ3n) is 6.50. The highest BCUT2D eigenvalue weighted by Gasteiger charge is 2.53. The Morgan fingerprint density at radius 2 is 1.97 bits per heavy atom. The van der Waals surface area contributed by atoms with Gasteiger partial charge in [0.05, 0.1) is 13.7 Å². The molecule has 9 heteroatoms. The van der Waals surface area contributed by atoms with Crippen LogP contribution in [0.4, 0.5) is 4.79 Å². The van der Waals surface area contributed by atoms with Crippen LogP contribution in [0.1, 0.15) is 21.7 Å². The van der Waals surface area contributed by atoms with Crippen LogP contribution in [0.15, 0.2) is 71.4 Å². The molecule has 0 bridgehead atoms. The summed E-state index contributed by atoms with van der Waals surface area (Å²) in [6.45, 7) is 0.212. The molecule has 1 saturated heterocycles. The van der Waals surface area contributed by atoms with E-state index in [0.717, 1.165) is 22.1 Å². The minimum atomic E-state index is -1.56. The van der Waals surface area contributed by atoms with Crippen molar-refractivity contribution < 1.29 is 23.5 Å². The zero-order valence-electron chi connectivity index (χ0n) is 18.7. The Morgan fingerprint density at radius 1 is 1.09 bits per heavy atom. The predicted octanol–water partition coefficient (Wildman–Crippen LogP) is 3.19. The molecule has 2 aromatic heterocycles. The minimum Gasteiger partial charge on any atom is -0.497 e. The fraction of sp³-hybridized carbons (Fsp3) is 0.154. The van der Waals surface area contributed by atoms with Gasteiger partial charge in [-0.15, -0.1) is 0 Å². The lowest BCUT2D eigenvalue weighted by molar-refractivity contribution is -0.125. The van der Waals surface area contributed by atoms with Crippen molar-refractivity contribution in [2.45, 2.75) is 12.1 Å². The molecule has 35 heavy (non-hydrogen) atoms. The van der Waals surface area contributed by atoms with Crippen LogP contribution in [-0.2, 0) is 16.9 Å². The van der Waals surface area contributed by atoms with Crippen LogP contribution < -0.4 is 15.4 Å². The van der Waals surface area contributed by atoms with E-state index in [0.29, 0.717) is 23.4 Å². The number of rotatable bonds is 5. The van der Waals surface area contributed by atoms with Crippen LogP contribution in [0, 0.1) is 0 Å². The van der Waals surface area contributed by atoms with Crippen LogP contribution in [0.3, 0.4) is 0 Å².